The van der Waals surface area contributed by atoms with E-state index in [1.165, 1.54) is 24.0 Å². The Hall–Kier alpha value is -2.47. The summed E-state index contributed by atoms with van der Waals surface area (Å²) in [7, 11) is 0. The van der Waals surface area contributed by atoms with Gasteiger partial charge in [0, 0.05) is 24.9 Å². The maximum Gasteiger partial charge on any atom is 0.229 e. The summed E-state index contributed by atoms with van der Waals surface area (Å²) >= 11 is 0. The standard InChI is InChI=1S/C19H23N5O/c1-3-23(13-18-21-19(25-22-18)15-6-7-15)12-16-11-14(2)5-8-17(16)24-10-4-9-20-24/h4-5,8-11,15H,3,6-7,12-13H2,1-2H3. The van der Waals surface area contributed by atoms with Gasteiger partial charge in [-0.2, -0.15) is 10.1 Å². The maximum atomic E-state index is 5.38. The van der Waals surface area contributed by atoms with E-state index in [1.807, 2.05) is 16.9 Å². The van der Waals surface area contributed by atoms with Crippen LogP contribution < -0.4 is 0 Å². The van der Waals surface area contributed by atoms with Crippen LogP contribution in [0.5, 0.6) is 0 Å². The van der Waals surface area contributed by atoms with E-state index in [0.29, 0.717) is 12.5 Å². The van der Waals surface area contributed by atoms with E-state index < -0.39 is 0 Å². The van der Waals surface area contributed by atoms with Crippen LogP contribution in [0.25, 0.3) is 5.69 Å². The molecule has 6 nitrogen and oxygen atoms in total. The second-order valence-corrected chi connectivity index (χ2v) is 6.71. The number of aromatic nitrogens is 4. The summed E-state index contributed by atoms with van der Waals surface area (Å²) in [5.41, 5.74) is 3.61. The molecule has 25 heavy (non-hydrogen) atoms. The molecule has 4 rings (SSSR count). The number of aryl methyl sites for hydroxylation is 1. The largest absolute Gasteiger partial charge is 0.339 e. The fourth-order valence-corrected chi connectivity index (χ4v) is 3.02. The fraction of sp³-hybridized carbons (Fsp3) is 0.421. The quantitative estimate of drug-likeness (QED) is 0.661. The van der Waals surface area contributed by atoms with E-state index in [2.05, 4.69) is 52.2 Å². The van der Waals surface area contributed by atoms with Gasteiger partial charge in [-0.05, 0) is 44.0 Å². The minimum absolute atomic E-state index is 0.500. The van der Waals surface area contributed by atoms with Crippen molar-refractivity contribution in [3.05, 3.63) is 59.5 Å². The van der Waals surface area contributed by atoms with Crippen molar-refractivity contribution in [2.24, 2.45) is 0 Å². The van der Waals surface area contributed by atoms with Gasteiger partial charge in [0.2, 0.25) is 5.89 Å². The molecule has 6 heteroatoms. The molecule has 1 aromatic carbocycles. The SMILES string of the molecule is CCN(Cc1noc(C2CC2)n1)Cc1cc(C)ccc1-n1cccn1. The summed E-state index contributed by atoms with van der Waals surface area (Å²) in [6.45, 7) is 6.71. The minimum Gasteiger partial charge on any atom is -0.339 e. The van der Waals surface area contributed by atoms with Gasteiger partial charge in [-0.25, -0.2) is 4.68 Å². The first-order valence-corrected chi connectivity index (χ1v) is 8.87. The molecule has 0 atom stereocenters. The zero-order chi connectivity index (χ0) is 17.2. The Morgan fingerprint density at radius 2 is 2.16 bits per heavy atom. The van der Waals surface area contributed by atoms with Crippen molar-refractivity contribution in [2.45, 2.75) is 45.7 Å². The molecule has 0 saturated heterocycles. The van der Waals surface area contributed by atoms with Crippen molar-refractivity contribution in [3.8, 4) is 5.69 Å². The lowest BCUT2D eigenvalue weighted by Gasteiger charge is -2.21. The van der Waals surface area contributed by atoms with Crippen LogP contribution in [0.3, 0.4) is 0 Å². The molecule has 1 fully saturated rings. The Bertz CT molecular complexity index is 835. The summed E-state index contributed by atoms with van der Waals surface area (Å²) in [4.78, 5) is 6.88. The second-order valence-electron chi connectivity index (χ2n) is 6.71. The van der Waals surface area contributed by atoms with E-state index in [0.717, 1.165) is 30.5 Å². The lowest BCUT2D eigenvalue weighted by atomic mass is 10.1. The molecule has 0 bridgehead atoms. The molecule has 130 valence electrons. The molecule has 2 aromatic heterocycles. The monoisotopic (exact) mass is 337 g/mol. The van der Waals surface area contributed by atoms with Gasteiger partial charge in [0.05, 0.1) is 12.2 Å². The highest BCUT2D eigenvalue weighted by Gasteiger charge is 2.29. The van der Waals surface area contributed by atoms with Crippen LogP contribution in [0, 0.1) is 6.92 Å². The van der Waals surface area contributed by atoms with Gasteiger partial charge in [0.15, 0.2) is 5.82 Å². The highest BCUT2D eigenvalue weighted by atomic mass is 16.5. The van der Waals surface area contributed by atoms with E-state index in [9.17, 15) is 0 Å². The molecule has 1 aliphatic carbocycles. The normalized spacial score (nSPS) is 14.4. The van der Waals surface area contributed by atoms with Crippen LogP contribution in [-0.2, 0) is 13.1 Å². The third kappa shape index (κ3) is 3.64. The van der Waals surface area contributed by atoms with Crippen LogP contribution in [0.2, 0.25) is 0 Å². The average Bonchev–Trinajstić information content (AvgIpc) is 3.12. The van der Waals surface area contributed by atoms with Crippen LogP contribution in [-0.4, -0.2) is 31.4 Å². The van der Waals surface area contributed by atoms with E-state index in [1.54, 1.807) is 6.20 Å². The lowest BCUT2D eigenvalue weighted by molar-refractivity contribution is 0.258. The molecule has 0 N–H and O–H groups in total. The summed E-state index contributed by atoms with van der Waals surface area (Å²) in [6, 6.07) is 8.43. The van der Waals surface area contributed by atoms with Gasteiger partial charge >= 0.3 is 0 Å². The Morgan fingerprint density at radius 1 is 1.28 bits per heavy atom. The number of hydrogen-bond donors (Lipinski definition) is 0. The van der Waals surface area contributed by atoms with E-state index in [4.69, 9.17) is 4.52 Å². The zero-order valence-electron chi connectivity index (χ0n) is 14.7. The van der Waals surface area contributed by atoms with Gasteiger partial charge in [-0.1, -0.05) is 29.8 Å². The van der Waals surface area contributed by atoms with Crippen molar-refractivity contribution >= 4 is 0 Å². The molecule has 1 aliphatic rings. The molecule has 2 heterocycles. The number of rotatable bonds is 7. The molecule has 0 radical (unpaired) electrons. The smallest absolute Gasteiger partial charge is 0.229 e. The van der Waals surface area contributed by atoms with Crippen molar-refractivity contribution in [1.82, 2.24) is 24.8 Å². The molecular formula is C19H23N5O. The summed E-state index contributed by atoms with van der Waals surface area (Å²) in [6.07, 6.45) is 6.14. The Balaban J connectivity index is 1.53. The topological polar surface area (TPSA) is 60.0 Å². The predicted molar refractivity (Wildman–Crippen MR) is 94.4 cm³/mol. The highest BCUT2D eigenvalue weighted by molar-refractivity contribution is 5.42. The van der Waals surface area contributed by atoms with Gasteiger partial charge in [-0.3, -0.25) is 4.90 Å². The Morgan fingerprint density at radius 3 is 2.88 bits per heavy atom. The van der Waals surface area contributed by atoms with Gasteiger partial charge in [0.25, 0.3) is 0 Å². The van der Waals surface area contributed by atoms with Gasteiger partial charge in [0.1, 0.15) is 0 Å². The third-order valence-corrected chi connectivity index (χ3v) is 4.60. The number of benzene rings is 1. The average molecular weight is 337 g/mol. The summed E-state index contributed by atoms with van der Waals surface area (Å²) in [5, 5.41) is 8.53. The first-order valence-electron chi connectivity index (χ1n) is 8.87. The van der Waals surface area contributed by atoms with Crippen molar-refractivity contribution in [1.29, 1.82) is 0 Å². The predicted octanol–water partition coefficient (Wildman–Crippen LogP) is 3.46. The number of nitrogens with zero attached hydrogens (tertiary/aromatic N) is 5. The summed E-state index contributed by atoms with van der Waals surface area (Å²) < 4.78 is 7.30. The van der Waals surface area contributed by atoms with Crippen LogP contribution in [0.4, 0.5) is 0 Å². The molecule has 0 spiro atoms. The van der Waals surface area contributed by atoms with Crippen LogP contribution in [0.15, 0.2) is 41.2 Å². The third-order valence-electron chi connectivity index (χ3n) is 4.60. The van der Waals surface area contributed by atoms with Crippen LogP contribution in [0.1, 0.15) is 48.5 Å². The minimum atomic E-state index is 0.500. The maximum absolute atomic E-state index is 5.38. The van der Waals surface area contributed by atoms with E-state index >= 15 is 0 Å². The van der Waals surface area contributed by atoms with E-state index in [-0.39, 0.29) is 0 Å². The number of hydrogen-bond acceptors (Lipinski definition) is 5. The Labute approximate surface area is 147 Å². The molecule has 1 saturated carbocycles. The van der Waals surface area contributed by atoms with Gasteiger partial charge in [-0.15, -0.1) is 0 Å². The first-order chi connectivity index (χ1) is 12.2. The fourth-order valence-electron chi connectivity index (χ4n) is 3.02. The van der Waals surface area contributed by atoms with Crippen molar-refractivity contribution in [2.75, 3.05) is 6.54 Å². The zero-order valence-corrected chi connectivity index (χ0v) is 14.7. The molecule has 0 unspecified atom stereocenters. The summed E-state index contributed by atoms with van der Waals surface area (Å²) in [5.74, 6) is 2.08. The van der Waals surface area contributed by atoms with Crippen LogP contribution >= 0.6 is 0 Å². The molecule has 0 aliphatic heterocycles. The molecular weight excluding hydrogens is 314 g/mol. The first kappa shape index (κ1) is 16.0. The van der Waals surface area contributed by atoms with Crippen molar-refractivity contribution in [3.63, 3.8) is 0 Å². The lowest BCUT2D eigenvalue weighted by Crippen LogP contribution is -2.24. The molecule has 0 amide bonds. The highest BCUT2D eigenvalue weighted by Crippen LogP contribution is 2.38. The molecule has 3 aromatic rings. The van der Waals surface area contributed by atoms with Gasteiger partial charge < -0.3 is 4.52 Å². The Kier molecular flexibility index (Phi) is 4.36. The second kappa shape index (κ2) is 6.80. The van der Waals surface area contributed by atoms with Crippen molar-refractivity contribution < 1.29 is 4.52 Å².